The molecule has 6 nitrogen and oxygen atoms in total. The zero-order valence-corrected chi connectivity index (χ0v) is 16.4. The van der Waals surface area contributed by atoms with Crippen LogP contribution in [0.1, 0.15) is 62.4 Å². The van der Waals surface area contributed by atoms with Crippen molar-refractivity contribution in [2.75, 3.05) is 18.4 Å². The molecule has 3 amide bonds. The summed E-state index contributed by atoms with van der Waals surface area (Å²) >= 11 is 1.46. The van der Waals surface area contributed by atoms with Crippen molar-refractivity contribution in [2.45, 2.75) is 71.8 Å². The Bertz CT molecular complexity index is 562. The van der Waals surface area contributed by atoms with Crippen LogP contribution in [0.3, 0.4) is 0 Å². The van der Waals surface area contributed by atoms with Gasteiger partial charge < -0.3 is 15.5 Å². The summed E-state index contributed by atoms with van der Waals surface area (Å²) in [6.45, 7) is 6.65. The van der Waals surface area contributed by atoms with Gasteiger partial charge in [-0.05, 0) is 33.1 Å². The molecule has 1 aliphatic carbocycles. The average Bonchev–Trinajstić information content (AvgIpc) is 2.89. The van der Waals surface area contributed by atoms with E-state index in [1.807, 2.05) is 13.8 Å². The molecule has 0 unspecified atom stereocenters. The van der Waals surface area contributed by atoms with Crippen molar-refractivity contribution in [3.8, 4) is 0 Å². The van der Waals surface area contributed by atoms with Crippen LogP contribution in [0.2, 0.25) is 0 Å². The number of hydrogen-bond donors (Lipinski definition) is 2. The lowest BCUT2D eigenvalue weighted by Gasteiger charge is -2.28. The normalized spacial score (nSPS) is 15.0. The van der Waals surface area contributed by atoms with E-state index in [1.54, 1.807) is 4.90 Å². The molecule has 1 heterocycles. The fourth-order valence-corrected chi connectivity index (χ4v) is 3.80. The number of aryl methyl sites for hydroxylation is 2. The summed E-state index contributed by atoms with van der Waals surface area (Å²) in [6, 6.07) is 0.125. The van der Waals surface area contributed by atoms with Crippen LogP contribution in [0.25, 0.3) is 0 Å². The smallest absolute Gasteiger partial charge is 0.318 e. The minimum absolute atomic E-state index is 0.0657. The van der Waals surface area contributed by atoms with Gasteiger partial charge in [0.15, 0.2) is 5.13 Å². The van der Waals surface area contributed by atoms with Gasteiger partial charge in [-0.25, -0.2) is 9.78 Å². The third kappa shape index (κ3) is 6.30. The number of carbonyl (C=O) groups is 2. The zero-order chi connectivity index (χ0) is 18.2. The van der Waals surface area contributed by atoms with Crippen LogP contribution in [-0.4, -0.2) is 41.0 Å². The summed E-state index contributed by atoms with van der Waals surface area (Å²) in [5.74, 6) is -0.191. The minimum atomic E-state index is -0.191. The number of nitrogens with zero attached hydrogens (tertiary/aromatic N) is 2. The first-order valence-electron chi connectivity index (χ1n) is 9.29. The third-order valence-electron chi connectivity index (χ3n) is 4.61. The fraction of sp³-hybridized carbons (Fsp3) is 0.722. The average molecular weight is 367 g/mol. The molecule has 1 saturated carbocycles. The topological polar surface area (TPSA) is 74.3 Å². The van der Waals surface area contributed by atoms with Crippen molar-refractivity contribution in [2.24, 2.45) is 0 Å². The maximum atomic E-state index is 12.6. The lowest BCUT2D eigenvalue weighted by molar-refractivity contribution is -0.116. The van der Waals surface area contributed by atoms with E-state index < -0.39 is 0 Å². The van der Waals surface area contributed by atoms with Crippen molar-refractivity contribution in [1.29, 1.82) is 0 Å². The maximum Gasteiger partial charge on any atom is 0.318 e. The molecular weight excluding hydrogens is 336 g/mol. The summed E-state index contributed by atoms with van der Waals surface area (Å²) in [4.78, 5) is 32.0. The SMILES string of the molecule is CCCCN(CC(=O)Nc1nc(C)c(C)s1)C(=O)NC1CCCCC1. The van der Waals surface area contributed by atoms with Crippen molar-refractivity contribution in [1.82, 2.24) is 15.2 Å². The first-order valence-corrected chi connectivity index (χ1v) is 10.1. The van der Waals surface area contributed by atoms with E-state index in [2.05, 4.69) is 22.5 Å². The van der Waals surface area contributed by atoms with Gasteiger partial charge in [0.1, 0.15) is 6.54 Å². The predicted octanol–water partition coefficient (Wildman–Crippen LogP) is 3.84. The lowest BCUT2D eigenvalue weighted by atomic mass is 9.96. The van der Waals surface area contributed by atoms with Gasteiger partial charge in [-0.1, -0.05) is 32.6 Å². The molecular formula is C18H30N4O2S. The summed E-state index contributed by atoms with van der Waals surface area (Å²) in [6.07, 6.45) is 7.54. The largest absolute Gasteiger partial charge is 0.335 e. The molecule has 0 radical (unpaired) electrons. The molecule has 0 aliphatic heterocycles. The van der Waals surface area contributed by atoms with E-state index in [0.717, 1.165) is 36.3 Å². The number of thiazole rings is 1. The van der Waals surface area contributed by atoms with Crippen LogP contribution < -0.4 is 10.6 Å². The van der Waals surface area contributed by atoms with Gasteiger partial charge in [0.05, 0.1) is 5.69 Å². The Morgan fingerprint density at radius 2 is 1.96 bits per heavy atom. The van der Waals surface area contributed by atoms with Crippen LogP contribution in [0.4, 0.5) is 9.93 Å². The van der Waals surface area contributed by atoms with E-state index in [1.165, 1.54) is 30.6 Å². The molecule has 0 aromatic carbocycles. The number of aromatic nitrogens is 1. The van der Waals surface area contributed by atoms with Crippen molar-refractivity contribution in [3.05, 3.63) is 10.6 Å². The Morgan fingerprint density at radius 3 is 2.56 bits per heavy atom. The molecule has 1 fully saturated rings. The Labute approximate surface area is 154 Å². The summed E-state index contributed by atoms with van der Waals surface area (Å²) in [5.41, 5.74) is 0.929. The summed E-state index contributed by atoms with van der Waals surface area (Å²) < 4.78 is 0. The highest BCUT2D eigenvalue weighted by molar-refractivity contribution is 7.15. The molecule has 2 N–H and O–H groups in total. The van der Waals surface area contributed by atoms with E-state index in [0.29, 0.717) is 11.7 Å². The quantitative estimate of drug-likeness (QED) is 0.770. The van der Waals surface area contributed by atoms with Crippen molar-refractivity contribution in [3.63, 3.8) is 0 Å². The Kier molecular flexibility index (Phi) is 7.68. The van der Waals surface area contributed by atoms with E-state index in [-0.39, 0.29) is 24.5 Å². The second-order valence-electron chi connectivity index (χ2n) is 6.77. The van der Waals surface area contributed by atoms with Crippen LogP contribution in [0.5, 0.6) is 0 Å². The van der Waals surface area contributed by atoms with Crippen molar-refractivity contribution < 1.29 is 9.59 Å². The molecule has 1 aliphatic rings. The lowest BCUT2D eigenvalue weighted by Crippen LogP contribution is -2.48. The monoisotopic (exact) mass is 366 g/mol. The predicted molar refractivity (Wildman–Crippen MR) is 102 cm³/mol. The van der Waals surface area contributed by atoms with Gasteiger partial charge >= 0.3 is 6.03 Å². The second-order valence-corrected chi connectivity index (χ2v) is 7.97. The first kappa shape index (κ1) is 19.7. The third-order valence-corrected chi connectivity index (χ3v) is 5.60. The number of carbonyl (C=O) groups excluding carboxylic acids is 2. The number of nitrogens with one attached hydrogen (secondary N) is 2. The van der Waals surface area contributed by atoms with E-state index in [9.17, 15) is 9.59 Å². The molecule has 1 aromatic heterocycles. The van der Waals surface area contributed by atoms with Crippen molar-refractivity contribution >= 4 is 28.4 Å². The van der Waals surface area contributed by atoms with Crippen LogP contribution in [0.15, 0.2) is 0 Å². The Morgan fingerprint density at radius 1 is 1.24 bits per heavy atom. The molecule has 25 heavy (non-hydrogen) atoms. The van der Waals surface area contributed by atoms with Gasteiger partial charge in [-0.3, -0.25) is 4.79 Å². The highest BCUT2D eigenvalue weighted by Gasteiger charge is 2.22. The molecule has 1 aromatic rings. The number of anilines is 1. The minimum Gasteiger partial charge on any atom is -0.335 e. The zero-order valence-electron chi connectivity index (χ0n) is 15.6. The van der Waals surface area contributed by atoms with Crippen LogP contribution in [-0.2, 0) is 4.79 Å². The fourth-order valence-electron chi connectivity index (χ4n) is 2.97. The number of unbranched alkanes of at least 4 members (excludes halogenated alkanes) is 1. The second kappa shape index (κ2) is 9.75. The molecule has 140 valence electrons. The van der Waals surface area contributed by atoms with Gasteiger partial charge in [-0.15, -0.1) is 11.3 Å². The van der Waals surface area contributed by atoms with Crippen LogP contribution in [0, 0.1) is 13.8 Å². The highest BCUT2D eigenvalue weighted by Crippen LogP contribution is 2.21. The number of urea groups is 1. The van der Waals surface area contributed by atoms with Crippen LogP contribution >= 0.6 is 11.3 Å². The molecule has 2 rings (SSSR count). The molecule has 0 bridgehead atoms. The van der Waals surface area contributed by atoms with Gasteiger partial charge in [0, 0.05) is 17.5 Å². The number of rotatable bonds is 7. The Balaban J connectivity index is 1.90. The standard InChI is InChI=1S/C18H30N4O2S/c1-4-5-11-22(18(24)20-15-9-7-6-8-10-15)12-16(23)21-17-19-13(2)14(3)25-17/h15H,4-12H2,1-3H3,(H,20,24)(H,19,21,23). The molecule has 0 atom stereocenters. The van der Waals surface area contributed by atoms with Gasteiger partial charge in [0.2, 0.25) is 5.91 Å². The highest BCUT2D eigenvalue weighted by atomic mass is 32.1. The van der Waals surface area contributed by atoms with E-state index in [4.69, 9.17) is 0 Å². The van der Waals surface area contributed by atoms with Gasteiger partial charge in [0.25, 0.3) is 0 Å². The molecule has 0 saturated heterocycles. The van der Waals surface area contributed by atoms with Gasteiger partial charge in [-0.2, -0.15) is 0 Å². The maximum absolute atomic E-state index is 12.6. The number of hydrogen-bond acceptors (Lipinski definition) is 4. The number of amides is 3. The van der Waals surface area contributed by atoms with E-state index >= 15 is 0 Å². The molecule has 0 spiro atoms. The Hall–Kier alpha value is -1.63. The first-order chi connectivity index (χ1) is 12.0. The summed E-state index contributed by atoms with van der Waals surface area (Å²) in [7, 11) is 0. The summed E-state index contributed by atoms with van der Waals surface area (Å²) in [5, 5.41) is 6.52. The molecule has 7 heteroatoms.